The van der Waals surface area contributed by atoms with Crippen molar-refractivity contribution in [2.75, 3.05) is 11.9 Å². The van der Waals surface area contributed by atoms with Crippen molar-refractivity contribution in [2.45, 2.75) is 26.2 Å². The van der Waals surface area contributed by atoms with Gasteiger partial charge in [-0.25, -0.2) is 4.79 Å². The van der Waals surface area contributed by atoms with E-state index in [1.807, 2.05) is 18.2 Å². The molecular formula is C25H22N2O4S2. The second-order valence-corrected chi connectivity index (χ2v) is 9.64. The number of amides is 2. The molecule has 1 aliphatic rings. The van der Waals surface area contributed by atoms with Crippen molar-refractivity contribution in [3.8, 4) is 0 Å². The maximum Gasteiger partial charge on any atom is 0.336 e. The van der Waals surface area contributed by atoms with E-state index in [1.165, 1.54) is 28.3 Å². The van der Waals surface area contributed by atoms with Gasteiger partial charge in [-0.05, 0) is 47.4 Å². The minimum absolute atomic E-state index is 0.102. The molecule has 0 radical (unpaired) electrons. The van der Waals surface area contributed by atoms with Crippen molar-refractivity contribution in [2.24, 2.45) is 0 Å². The van der Waals surface area contributed by atoms with Crippen molar-refractivity contribution in [1.29, 1.82) is 0 Å². The number of nitrogens with one attached hydrogen (secondary N) is 1. The van der Waals surface area contributed by atoms with Gasteiger partial charge in [0.25, 0.3) is 5.91 Å². The number of carbonyl (C=O) groups excluding carboxylic acids is 2. The summed E-state index contributed by atoms with van der Waals surface area (Å²) in [5.74, 6) is 0.0132. The van der Waals surface area contributed by atoms with E-state index in [4.69, 9.17) is 16.6 Å². The minimum atomic E-state index is -0.426. The lowest BCUT2D eigenvalue weighted by Gasteiger charge is -2.14. The van der Waals surface area contributed by atoms with Gasteiger partial charge in [0.15, 0.2) is 0 Å². The zero-order valence-corrected chi connectivity index (χ0v) is 19.8. The molecule has 0 saturated carbocycles. The zero-order chi connectivity index (χ0) is 23.5. The highest BCUT2D eigenvalue weighted by molar-refractivity contribution is 8.26. The third kappa shape index (κ3) is 5.40. The number of hydrogen-bond acceptors (Lipinski definition) is 6. The van der Waals surface area contributed by atoms with Crippen molar-refractivity contribution in [3.63, 3.8) is 0 Å². The maximum absolute atomic E-state index is 12.8. The maximum atomic E-state index is 12.8. The molecule has 1 N–H and O–H groups in total. The molecule has 0 spiro atoms. The Morgan fingerprint density at radius 1 is 1.12 bits per heavy atom. The number of rotatable bonds is 6. The Hall–Kier alpha value is -3.23. The quantitative estimate of drug-likeness (QED) is 0.300. The van der Waals surface area contributed by atoms with Crippen LogP contribution in [0.5, 0.6) is 0 Å². The van der Waals surface area contributed by atoms with Gasteiger partial charge in [-0.1, -0.05) is 62.1 Å². The molecule has 1 aromatic heterocycles. The van der Waals surface area contributed by atoms with Crippen LogP contribution in [-0.4, -0.2) is 27.6 Å². The number of thioether (sulfide) groups is 1. The first kappa shape index (κ1) is 22.9. The van der Waals surface area contributed by atoms with Crippen LogP contribution in [0.15, 0.2) is 68.7 Å². The minimum Gasteiger partial charge on any atom is -0.423 e. The van der Waals surface area contributed by atoms with Crippen LogP contribution in [0.4, 0.5) is 5.69 Å². The summed E-state index contributed by atoms with van der Waals surface area (Å²) in [5.41, 5.74) is 2.77. The molecule has 33 heavy (non-hydrogen) atoms. The van der Waals surface area contributed by atoms with Gasteiger partial charge in [0.05, 0.1) is 4.91 Å². The molecule has 6 nitrogen and oxygen atoms in total. The molecule has 4 rings (SSSR count). The van der Waals surface area contributed by atoms with E-state index in [0.29, 0.717) is 31.8 Å². The van der Waals surface area contributed by atoms with E-state index in [-0.39, 0.29) is 24.8 Å². The lowest BCUT2D eigenvalue weighted by atomic mass is 10.0. The molecule has 3 aromatic rings. The molecule has 2 amide bonds. The van der Waals surface area contributed by atoms with E-state index in [2.05, 4.69) is 31.3 Å². The molecule has 1 aliphatic heterocycles. The van der Waals surface area contributed by atoms with Crippen LogP contribution in [-0.2, 0) is 9.59 Å². The van der Waals surface area contributed by atoms with E-state index in [1.54, 1.807) is 24.3 Å². The van der Waals surface area contributed by atoms with Gasteiger partial charge >= 0.3 is 5.63 Å². The monoisotopic (exact) mass is 478 g/mol. The van der Waals surface area contributed by atoms with Gasteiger partial charge in [-0.3, -0.25) is 14.5 Å². The number of fused-ring (bicyclic) bond motifs is 1. The van der Waals surface area contributed by atoms with E-state index in [9.17, 15) is 14.4 Å². The standard InChI is InChI=1S/C25H22N2O4S2/c1-15(2)17-5-3-16(4-6-17)13-21-24(30)27(25(32)33-21)12-11-22(28)26-19-8-9-20-18(14-19)7-10-23(29)31-20/h3-10,13-15H,11-12H2,1-2H3,(H,26,28). The van der Waals surface area contributed by atoms with Crippen LogP contribution in [0.25, 0.3) is 17.0 Å². The second-order valence-electron chi connectivity index (χ2n) is 7.96. The molecule has 0 unspecified atom stereocenters. The molecule has 8 heteroatoms. The van der Waals surface area contributed by atoms with Gasteiger partial charge in [0.2, 0.25) is 5.91 Å². The largest absolute Gasteiger partial charge is 0.423 e. The van der Waals surface area contributed by atoms with Crippen molar-refractivity contribution in [1.82, 2.24) is 4.90 Å². The first-order valence-electron chi connectivity index (χ1n) is 10.5. The fourth-order valence-corrected chi connectivity index (χ4v) is 4.72. The number of carbonyl (C=O) groups is 2. The Kier molecular flexibility index (Phi) is 6.76. The second kappa shape index (κ2) is 9.72. The summed E-state index contributed by atoms with van der Waals surface area (Å²) in [7, 11) is 0. The van der Waals surface area contributed by atoms with Crippen molar-refractivity contribution >= 4 is 62.8 Å². The Morgan fingerprint density at radius 3 is 2.61 bits per heavy atom. The Morgan fingerprint density at radius 2 is 1.88 bits per heavy atom. The van der Waals surface area contributed by atoms with E-state index in [0.717, 1.165) is 5.56 Å². The highest BCUT2D eigenvalue weighted by Crippen LogP contribution is 2.33. The summed E-state index contributed by atoms with van der Waals surface area (Å²) in [5, 5.41) is 3.51. The van der Waals surface area contributed by atoms with Gasteiger partial charge in [-0.15, -0.1) is 0 Å². The molecule has 0 aliphatic carbocycles. The molecule has 0 bridgehead atoms. The molecule has 2 heterocycles. The summed E-state index contributed by atoms with van der Waals surface area (Å²) in [6, 6.07) is 16.1. The smallest absolute Gasteiger partial charge is 0.336 e. The van der Waals surface area contributed by atoms with Gasteiger partial charge in [0.1, 0.15) is 9.90 Å². The average Bonchev–Trinajstić information content (AvgIpc) is 3.05. The normalized spacial score (nSPS) is 15.1. The van der Waals surface area contributed by atoms with Crippen LogP contribution >= 0.6 is 24.0 Å². The summed E-state index contributed by atoms with van der Waals surface area (Å²) >= 11 is 6.62. The fraction of sp³-hybridized carbons (Fsp3) is 0.200. The van der Waals surface area contributed by atoms with Crippen LogP contribution in [0, 0.1) is 0 Å². The highest BCUT2D eigenvalue weighted by Gasteiger charge is 2.32. The van der Waals surface area contributed by atoms with E-state index >= 15 is 0 Å². The summed E-state index contributed by atoms with van der Waals surface area (Å²) < 4.78 is 5.54. The Bertz CT molecular complexity index is 1330. The summed E-state index contributed by atoms with van der Waals surface area (Å²) in [6.45, 7) is 4.47. The summed E-state index contributed by atoms with van der Waals surface area (Å²) in [6.07, 6.45) is 1.93. The SMILES string of the molecule is CC(C)c1ccc(C=C2SC(=S)N(CCC(=O)Nc3ccc4oc(=O)ccc4c3)C2=O)cc1. The summed E-state index contributed by atoms with van der Waals surface area (Å²) in [4.78, 5) is 38.6. The first-order valence-corrected chi connectivity index (χ1v) is 11.7. The number of hydrogen-bond donors (Lipinski definition) is 1. The van der Waals surface area contributed by atoms with Gasteiger partial charge in [-0.2, -0.15) is 0 Å². The molecule has 2 aromatic carbocycles. The predicted molar refractivity (Wildman–Crippen MR) is 136 cm³/mol. The Balaban J connectivity index is 1.37. The van der Waals surface area contributed by atoms with Crippen LogP contribution in [0.1, 0.15) is 37.3 Å². The lowest BCUT2D eigenvalue weighted by Crippen LogP contribution is -2.31. The topological polar surface area (TPSA) is 79.6 Å². The predicted octanol–water partition coefficient (Wildman–Crippen LogP) is 5.15. The molecule has 168 valence electrons. The zero-order valence-electron chi connectivity index (χ0n) is 18.2. The average molecular weight is 479 g/mol. The van der Waals surface area contributed by atoms with Gasteiger partial charge < -0.3 is 9.73 Å². The number of anilines is 1. The highest BCUT2D eigenvalue weighted by atomic mass is 32.2. The number of benzene rings is 2. The van der Waals surface area contributed by atoms with Gasteiger partial charge in [0, 0.05) is 30.1 Å². The third-order valence-corrected chi connectivity index (χ3v) is 6.62. The third-order valence-electron chi connectivity index (χ3n) is 5.24. The van der Waals surface area contributed by atoms with Crippen LogP contribution < -0.4 is 10.9 Å². The Labute approximate surface area is 200 Å². The fourth-order valence-electron chi connectivity index (χ4n) is 3.41. The molecule has 1 saturated heterocycles. The van der Waals surface area contributed by atoms with E-state index < -0.39 is 5.63 Å². The molecular weight excluding hydrogens is 456 g/mol. The van der Waals surface area contributed by atoms with Crippen molar-refractivity contribution in [3.05, 3.63) is 81.0 Å². The molecule has 0 atom stereocenters. The van der Waals surface area contributed by atoms with Crippen molar-refractivity contribution < 1.29 is 14.0 Å². The number of thiocarbonyl (C=S) groups is 1. The first-order chi connectivity index (χ1) is 15.8. The molecule has 1 fully saturated rings. The number of nitrogens with zero attached hydrogens (tertiary/aromatic N) is 1. The van der Waals surface area contributed by atoms with Crippen LogP contribution in [0.2, 0.25) is 0 Å². The van der Waals surface area contributed by atoms with Crippen LogP contribution in [0.3, 0.4) is 0 Å². The lowest BCUT2D eigenvalue weighted by molar-refractivity contribution is -0.122.